The molecule has 2 heterocycles. The van der Waals surface area contributed by atoms with Gasteiger partial charge >= 0.3 is 0 Å². The van der Waals surface area contributed by atoms with Crippen LogP contribution in [0.15, 0.2) is 52.9 Å². The summed E-state index contributed by atoms with van der Waals surface area (Å²) in [6, 6.07) is 10.5. The third kappa shape index (κ3) is 5.37. The van der Waals surface area contributed by atoms with Crippen molar-refractivity contribution in [2.24, 2.45) is 5.10 Å². The summed E-state index contributed by atoms with van der Waals surface area (Å²) in [6.07, 6.45) is 1.68. The molecule has 0 unspecified atom stereocenters. The molecule has 3 aromatic rings. The number of aromatic nitrogens is 4. The lowest BCUT2D eigenvalue weighted by atomic mass is 10.3. The Bertz CT molecular complexity index is 1040. The Kier molecular flexibility index (Phi) is 6.91. The number of benzene rings is 1. The van der Waals surface area contributed by atoms with Crippen LogP contribution in [0.3, 0.4) is 0 Å². The number of carbonyl (C=O) groups excluding carboxylic acids is 1. The summed E-state index contributed by atoms with van der Waals surface area (Å²) in [5, 5.41) is 15.7. The van der Waals surface area contributed by atoms with Gasteiger partial charge in [0.15, 0.2) is 0 Å². The number of nitrogens with zero attached hydrogens (tertiary/aromatic N) is 5. The highest BCUT2D eigenvalue weighted by atomic mass is 35.5. The lowest BCUT2D eigenvalue weighted by molar-refractivity contribution is -0.113. The van der Waals surface area contributed by atoms with E-state index in [1.54, 1.807) is 31.3 Å². The standard InChI is InChI=1S/C17H16Cl2N8OS/c1-10(12-6-2-3-8-21-12)23-24-16-25-26-17(27(16)20)29-9-14(28)22-13-7-4-5-11(18)15(13)19/h2-8H,9,20H2,1H3,(H,22,28)(H,24,25)/b23-10+. The summed E-state index contributed by atoms with van der Waals surface area (Å²) in [6.45, 7) is 1.80. The highest BCUT2D eigenvalue weighted by Gasteiger charge is 2.13. The van der Waals surface area contributed by atoms with Gasteiger partial charge in [-0.2, -0.15) is 5.10 Å². The van der Waals surface area contributed by atoms with Crippen LogP contribution in [0.25, 0.3) is 0 Å². The number of hydrazone groups is 1. The molecule has 0 saturated carbocycles. The van der Waals surface area contributed by atoms with Gasteiger partial charge in [-0.05, 0) is 31.2 Å². The number of nitrogens with two attached hydrogens (primary N) is 1. The Morgan fingerprint density at radius 3 is 2.83 bits per heavy atom. The fraction of sp³-hybridized carbons (Fsp3) is 0.118. The molecule has 150 valence electrons. The van der Waals surface area contributed by atoms with Crippen LogP contribution in [0.1, 0.15) is 12.6 Å². The first-order valence-electron chi connectivity index (χ1n) is 8.24. The molecule has 3 rings (SSSR count). The zero-order valence-electron chi connectivity index (χ0n) is 15.1. The predicted molar refractivity (Wildman–Crippen MR) is 116 cm³/mol. The maximum absolute atomic E-state index is 12.2. The van der Waals surface area contributed by atoms with Gasteiger partial charge in [-0.1, -0.05) is 47.1 Å². The van der Waals surface area contributed by atoms with Crippen molar-refractivity contribution in [3.05, 3.63) is 58.3 Å². The number of carbonyl (C=O) groups is 1. The van der Waals surface area contributed by atoms with E-state index in [-0.39, 0.29) is 22.6 Å². The minimum Gasteiger partial charge on any atom is -0.334 e. The van der Waals surface area contributed by atoms with Gasteiger partial charge in [-0.3, -0.25) is 9.78 Å². The van der Waals surface area contributed by atoms with Crippen LogP contribution >= 0.6 is 35.0 Å². The Morgan fingerprint density at radius 2 is 2.07 bits per heavy atom. The third-order valence-electron chi connectivity index (χ3n) is 3.58. The molecule has 0 spiro atoms. The molecule has 12 heteroatoms. The molecule has 0 fully saturated rings. The molecule has 0 atom stereocenters. The first-order chi connectivity index (χ1) is 14.0. The molecule has 4 N–H and O–H groups in total. The summed E-state index contributed by atoms with van der Waals surface area (Å²) in [7, 11) is 0. The van der Waals surface area contributed by atoms with E-state index in [2.05, 4.69) is 31.0 Å². The summed E-state index contributed by atoms with van der Waals surface area (Å²) in [4.78, 5) is 16.4. The Hall–Kier alpha value is -2.82. The van der Waals surface area contributed by atoms with Gasteiger partial charge in [0.1, 0.15) is 0 Å². The monoisotopic (exact) mass is 450 g/mol. The zero-order chi connectivity index (χ0) is 20.8. The molecule has 0 aliphatic rings. The summed E-state index contributed by atoms with van der Waals surface area (Å²) >= 11 is 13.1. The first-order valence-corrected chi connectivity index (χ1v) is 9.98. The van der Waals surface area contributed by atoms with Crippen molar-refractivity contribution in [1.82, 2.24) is 19.9 Å². The number of thioether (sulfide) groups is 1. The van der Waals surface area contributed by atoms with Crippen molar-refractivity contribution in [2.75, 3.05) is 22.3 Å². The van der Waals surface area contributed by atoms with Crippen LogP contribution in [-0.4, -0.2) is 37.2 Å². The largest absolute Gasteiger partial charge is 0.334 e. The maximum atomic E-state index is 12.2. The highest BCUT2D eigenvalue weighted by molar-refractivity contribution is 7.99. The molecule has 1 amide bonds. The van der Waals surface area contributed by atoms with Crippen LogP contribution in [0, 0.1) is 0 Å². The lowest BCUT2D eigenvalue weighted by Crippen LogP contribution is -2.17. The number of halogens is 2. The van der Waals surface area contributed by atoms with Gasteiger partial charge in [0.25, 0.3) is 5.95 Å². The van der Waals surface area contributed by atoms with Crippen LogP contribution in [0.4, 0.5) is 11.6 Å². The van der Waals surface area contributed by atoms with Crippen LogP contribution in [0.2, 0.25) is 10.0 Å². The van der Waals surface area contributed by atoms with Crippen molar-refractivity contribution in [3.8, 4) is 0 Å². The Balaban J connectivity index is 1.58. The number of nitrogens with one attached hydrogen (secondary N) is 2. The van der Waals surface area contributed by atoms with E-state index >= 15 is 0 Å². The van der Waals surface area contributed by atoms with Gasteiger partial charge in [0.05, 0.1) is 32.9 Å². The molecule has 0 aliphatic heterocycles. The minimum absolute atomic E-state index is 0.0500. The van der Waals surface area contributed by atoms with Crippen molar-refractivity contribution in [2.45, 2.75) is 12.1 Å². The van der Waals surface area contributed by atoms with E-state index in [9.17, 15) is 4.79 Å². The van der Waals surface area contributed by atoms with E-state index < -0.39 is 0 Å². The van der Waals surface area contributed by atoms with E-state index in [0.717, 1.165) is 11.8 Å². The van der Waals surface area contributed by atoms with Gasteiger partial charge in [0.2, 0.25) is 11.1 Å². The summed E-state index contributed by atoms with van der Waals surface area (Å²) < 4.78 is 1.21. The van der Waals surface area contributed by atoms with Crippen molar-refractivity contribution < 1.29 is 4.79 Å². The number of rotatable bonds is 7. The second-order valence-electron chi connectivity index (χ2n) is 5.64. The Labute approximate surface area is 180 Å². The zero-order valence-corrected chi connectivity index (χ0v) is 17.5. The van der Waals surface area contributed by atoms with Gasteiger partial charge < -0.3 is 11.2 Å². The number of pyridine rings is 1. The summed E-state index contributed by atoms with van der Waals surface area (Å²) in [5.41, 5.74) is 4.54. The van der Waals surface area contributed by atoms with Crippen LogP contribution in [-0.2, 0) is 4.79 Å². The third-order valence-corrected chi connectivity index (χ3v) is 5.34. The predicted octanol–water partition coefficient (Wildman–Crippen LogP) is 3.26. The van der Waals surface area contributed by atoms with Gasteiger partial charge in [0, 0.05) is 6.20 Å². The molecule has 29 heavy (non-hydrogen) atoms. The first kappa shape index (κ1) is 20.9. The van der Waals surface area contributed by atoms with Crippen molar-refractivity contribution in [3.63, 3.8) is 0 Å². The summed E-state index contributed by atoms with van der Waals surface area (Å²) in [5.74, 6) is 5.95. The van der Waals surface area contributed by atoms with Crippen LogP contribution < -0.4 is 16.6 Å². The number of hydrogen-bond donors (Lipinski definition) is 3. The smallest absolute Gasteiger partial charge is 0.264 e. The van der Waals surface area contributed by atoms with Gasteiger partial charge in [-0.15, -0.1) is 10.2 Å². The second kappa shape index (κ2) is 9.59. The highest BCUT2D eigenvalue weighted by Crippen LogP contribution is 2.29. The molecular weight excluding hydrogens is 435 g/mol. The fourth-order valence-corrected chi connectivity index (χ4v) is 3.14. The normalized spacial score (nSPS) is 11.3. The fourth-order valence-electron chi connectivity index (χ4n) is 2.14. The maximum Gasteiger partial charge on any atom is 0.264 e. The van der Waals surface area contributed by atoms with Crippen molar-refractivity contribution in [1.29, 1.82) is 0 Å². The molecule has 9 nitrogen and oxygen atoms in total. The van der Waals surface area contributed by atoms with Crippen LogP contribution in [0.5, 0.6) is 0 Å². The SMILES string of the molecule is C/C(=N\Nc1nnc(SCC(=O)Nc2cccc(Cl)c2Cl)n1N)c1ccccn1. The lowest BCUT2D eigenvalue weighted by Gasteiger charge is -2.08. The number of nitrogen functional groups attached to an aromatic ring is 1. The molecule has 0 bridgehead atoms. The van der Waals surface area contributed by atoms with E-state index in [4.69, 9.17) is 29.0 Å². The topological polar surface area (TPSA) is 123 Å². The molecule has 0 radical (unpaired) electrons. The Morgan fingerprint density at radius 1 is 1.24 bits per heavy atom. The van der Waals surface area contributed by atoms with E-state index in [0.29, 0.717) is 27.3 Å². The molecule has 1 aromatic carbocycles. The average molecular weight is 451 g/mol. The second-order valence-corrected chi connectivity index (χ2v) is 7.37. The quantitative estimate of drug-likeness (QED) is 0.218. The molecular formula is C17H16Cl2N8OS. The van der Waals surface area contributed by atoms with E-state index in [1.165, 1.54) is 4.68 Å². The number of hydrogen-bond acceptors (Lipinski definition) is 8. The molecule has 0 aliphatic carbocycles. The number of anilines is 2. The minimum atomic E-state index is -0.291. The van der Waals surface area contributed by atoms with E-state index in [1.807, 2.05) is 18.2 Å². The van der Waals surface area contributed by atoms with Gasteiger partial charge in [-0.25, -0.2) is 10.1 Å². The van der Waals surface area contributed by atoms with Crippen molar-refractivity contribution >= 4 is 58.2 Å². The molecule has 0 saturated heterocycles. The average Bonchev–Trinajstić information content (AvgIpc) is 3.08. The molecule has 2 aromatic heterocycles. The number of amides is 1.